The van der Waals surface area contributed by atoms with Crippen molar-refractivity contribution >= 4 is 44.9 Å². The van der Waals surface area contributed by atoms with Crippen LogP contribution >= 0.6 is 11.6 Å². The molecule has 2 aromatic heterocycles. The lowest BCUT2D eigenvalue weighted by molar-refractivity contribution is -0.106. The minimum atomic E-state index is -5.01. The van der Waals surface area contributed by atoms with E-state index in [0.29, 0.717) is 11.3 Å². The number of primary amides is 1. The molecule has 41 heavy (non-hydrogen) atoms. The predicted molar refractivity (Wildman–Crippen MR) is 142 cm³/mol. The Labute approximate surface area is 235 Å². The molecule has 5 N–H and O–H groups in total. The first kappa shape index (κ1) is 29.5. The number of nitrogens with two attached hydrogens (primary N) is 1. The van der Waals surface area contributed by atoms with Crippen molar-refractivity contribution in [2.24, 2.45) is 5.73 Å². The van der Waals surface area contributed by atoms with E-state index in [9.17, 15) is 30.8 Å². The lowest BCUT2D eigenvalue weighted by Crippen LogP contribution is -2.28. The molecule has 0 aliphatic heterocycles. The normalized spacial score (nSPS) is 11.8. The number of ether oxygens (including phenoxy) is 1. The molecule has 0 spiro atoms. The molecule has 17 heteroatoms. The maximum atomic E-state index is 13.5. The van der Waals surface area contributed by atoms with E-state index in [0.717, 1.165) is 12.1 Å². The van der Waals surface area contributed by atoms with Crippen LogP contribution in [-0.2, 0) is 16.6 Å². The molecule has 4 rings (SSSR count). The van der Waals surface area contributed by atoms with Crippen LogP contribution in [-0.4, -0.2) is 46.4 Å². The number of aromatic nitrogens is 4. The molecule has 216 valence electrons. The number of nitrogens with one attached hydrogen (secondary N) is 3. The topological polar surface area (TPSA) is 165 Å². The van der Waals surface area contributed by atoms with Gasteiger partial charge in [0.05, 0.1) is 28.8 Å². The van der Waals surface area contributed by atoms with Crippen molar-refractivity contribution < 1.29 is 35.5 Å². The lowest BCUT2D eigenvalue weighted by atomic mass is 10.1. The largest absolute Gasteiger partial charge is 0.487 e. The van der Waals surface area contributed by atoms with Gasteiger partial charge in [0.1, 0.15) is 41.1 Å². The summed E-state index contributed by atoms with van der Waals surface area (Å²) in [7, 11) is -4.89. The number of rotatable bonds is 10. The highest BCUT2D eigenvalue weighted by molar-refractivity contribution is 7.92. The van der Waals surface area contributed by atoms with Gasteiger partial charge in [-0.25, -0.2) is 17.8 Å². The SMILES string of the molecule is Cc1cnc(Nc2[nH]nc(-c3ccc(NS(=O)(=O)CC(F)(F)F)c(OCc4ccc(F)c(Cl)c4)c3)c2C(N)=O)cn1. The average Bonchev–Trinajstić information content (AvgIpc) is 3.29. The summed E-state index contributed by atoms with van der Waals surface area (Å²) in [4.78, 5) is 20.6. The Hall–Kier alpha value is -4.44. The number of nitrogens with zero attached hydrogens (tertiary/aromatic N) is 3. The molecule has 0 atom stereocenters. The van der Waals surface area contributed by atoms with E-state index < -0.39 is 33.7 Å². The molecule has 0 aliphatic carbocycles. The Kier molecular flexibility index (Phi) is 8.34. The fourth-order valence-corrected chi connectivity index (χ4v) is 4.76. The summed E-state index contributed by atoms with van der Waals surface area (Å²) in [6, 6.07) is 7.37. The van der Waals surface area contributed by atoms with E-state index in [1.807, 2.05) is 4.72 Å². The van der Waals surface area contributed by atoms with Gasteiger partial charge in [-0.3, -0.25) is 19.6 Å². The first-order chi connectivity index (χ1) is 19.2. The number of amides is 1. The number of hydrogen-bond donors (Lipinski definition) is 4. The number of hydrogen-bond acceptors (Lipinski definition) is 8. The van der Waals surface area contributed by atoms with Gasteiger partial charge in [-0.1, -0.05) is 23.7 Å². The highest BCUT2D eigenvalue weighted by atomic mass is 35.5. The number of H-pyrrole nitrogens is 1. The van der Waals surface area contributed by atoms with E-state index in [4.69, 9.17) is 22.1 Å². The van der Waals surface area contributed by atoms with Crippen molar-refractivity contribution in [3.63, 3.8) is 0 Å². The molecule has 4 aromatic rings. The first-order valence-electron chi connectivity index (χ1n) is 11.4. The quantitative estimate of drug-likeness (QED) is 0.187. The predicted octanol–water partition coefficient (Wildman–Crippen LogP) is 4.69. The molecule has 2 aromatic carbocycles. The van der Waals surface area contributed by atoms with E-state index in [-0.39, 0.29) is 51.5 Å². The Morgan fingerprint density at radius 3 is 2.54 bits per heavy atom. The van der Waals surface area contributed by atoms with Crippen molar-refractivity contribution in [2.75, 3.05) is 15.8 Å². The Morgan fingerprint density at radius 1 is 1.15 bits per heavy atom. The molecule has 1 amide bonds. The highest BCUT2D eigenvalue weighted by Crippen LogP contribution is 2.35. The molecule has 0 fully saturated rings. The number of sulfonamides is 1. The molecule has 0 saturated heterocycles. The summed E-state index contributed by atoms with van der Waals surface area (Å²) >= 11 is 5.80. The zero-order valence-electron chi connectivity index (χ0n) is 20.9. The van der Waals surface area contributed by atoms with E-state index in [1.165, 1.54) is 36.7 Å². The summed E-state index contributed by atoms with van der Waals surface area (Å²) in [5.74, 6) is -3.61. The van der Waals surface area contributed by atoms with Gasteiger partial charge in [0.25, 0.3) is 5.91 Å². The number of halogens is 5. The number of anilines is 3. The zero-order chi connectivity index (χ0) is 29.9. The third kappa shape index (κ3) is 7.61. The fraction of sp³-hybridized carbons (Fsp3) is 0.167. The van der Waals surface area contributed by atoms with Crippen molar-refractivity contribution in [1.82, 2.24) is 20.2 Å². The van der Waals surface area contributed by atoms with Gasteiger partial charge in [-0.05, 0) is 36.8 Å². The smallest absolute Gasteiger partial charge is 0.404 e. The number of aryl methyl sites for hydroxylation is 1. The summed E-state index contributed by atoms with van der Waals surface area (Å²) in [6.45, 7) is 1.46. The van der Waals surface area contributed by atoms with Gasteiger partial charge in [0.2, 0.25) is 10.0 Å². The third-order valence-electron chi connectivity index (χ3n) is 5.30. The lowest BCUT2D eigenvalue weighted by Gasteiger charge is -2.16. The van der Waals surface area contributed by atoms with Crippen LogP contribution in [0.15, 0.2) is 48.8 Å². The van der Waals surface area contributed by atoms with Crippen LogP contribution in [0.2, 0.25) is 5.02 Å². The Balaban J connectivity index is 1.72. The average molecular weight is 614 g/mol. The summed E-state index contributed by atoms with van der Waals surface area (Å²) in [5.41, 5.74) is 6.38. The van der Waals surface area contributed by atoms with Crippen molar-refractivity contribution in [2.45, 2.75) is 19.7 Å². The Bertz CT molecular complexity index is 1700. The monoisotopic (exact) mass is 613 g/mol. The first-order valence-corrected chi connectivity index (χ1v) is 13.5. The van der Waals surface area contributed by atoms with Crippen molar-refractivity contribution in [3.8, 4) is 17.0 Å². The zero-order valence-corrected chi connectivity index (χ0v) is 22.5. The summed E-state index contributed by atoms with van der Waals surface area (Å²) < 4.78 is 83.9. The number of alkyl halides is 3. The summed E-state index contributed by atoms with van der Waals surface area (Å²) in [6.07, 6.45) is -2.11. The van der Waals surface area contributed by atoms with Gasteiger partial charge >= 0.3 is 6.18 Å². The van der Waals surface area contributed by atoms with Crippen LogP contribution in [0.3, 0.4) is 0 Å². The molecule has 0 unspecified atom stereocenters. The van der Waals surface area contributed by atoms with Crippen LogP contribution in [0.1, 0.15) is 21.6 Å². The second kappa shape index (κ2) is 11.6. The number of carbonyl (C=O) groups excluding carboxylic acids is 1. The molecule has 2 heterocycles. The molecule has 0 radical (unpaired) electrons. The maximum absolute atomic E-state index is 13.5. The van der Waals surface area contributed by atoms with Gasteiger partial charge in [-0.15, -0.1) is 0 Å². The van der Waals surface area contributed by atoms with E-state index in [2.05, 4.69) is 25.5 Å². The Morgan fingerprint density at radius 2 is 1.90 bits per heavy atom. The van der Waals surface area contributed by atoms with Crippen molar-refractivity contribution in [3.05, 3.63) is 76.5 Å². The molecular formula is C24H20ClF4N7O4S. The van der Waals surface area contributed by atoms with E-state index in [1.54, 1.807) is 6.92 Å². The fourth-order valence-electron chi connectivity index (χ4n) is 3.55. The van der Waals surface area contributed by atoms with Crippen LogP contribution in [0.25, 0.3) is 11.3 Å². The number of carbonyl (C=O) groups is 1. The maximum Gasteiger partial charge on any atom is 0.404 e. The highest BCUT2D eigenvalue weighted by Gasteiger charge is 2.35. The third-order valence-corrected chi connectivity index (χ3v) is 6.83. The minimum absolute atomic E-state index is 0.0134. The number of benzene rings is 2. The second-order valence-electron chi connectivity index (χ2n) is 8.58. The molecule has 0 aliphatic rings. The van der Waals surface area contributed by atoms with Crippen LogP contribution in [0.5, 0.6) is 5.75 Å². The summed E-state index contributed by atoms with van der Waals surface area (Å²) in [5, 5.41) is 9.38. The van der Waals surface area contributed by atoms with Crippen LogP contribution in [0, 0.1) is 12.7 Å². The molecule has 11 nitrogen and oxygen atoms in total. The second-order valence-corrected chi connectivity index (χ2v) is 10.7. The van der Waals surface area contributed by atoms with Gasteiger partial charge in [0, 0.05) is 5.56 Å². The van der Waals surface area contributed by atoms with Gasteiger partial charge in [-0.2, -0.15) is 18.3 Å². The van der Waals surface area contributed by atoms with Crippen LogP contribution < -0.4 is 20.5 Å². The van der Waals surface area contributed by atoms with Crippen LogP contribution in [0.4, 0.5) is 34.9 Å². The molecular weight excluding hydrogens is 594 g/mol. The van der Waals surface area contributed by atoms with Gasteiger partial charge < -0.3 is 15.8 Å². The standard InChI is InChI=1S/C24H20ClF4N7O4S/c1-12-8-32-19(9-31-12)33-23-20(22(30)37)21(34-35-23)14-3-5-17(36-41(38,39)11-24(27,28)29)18(7-14)40-10-13-2-4-16(26)15(25)6-13/h2-9,36H,10-11H2,1H3,(H2,30,37)(H2,32,33,34,35). The van der Waals surface area contributed by atoms with Gasteiger partial charge in [0.15, 0.2) is 5.75 Å². The number of aromatic amines is 1. The minimum Gasteiger partial charge on any atom is -0.487 e. The van der Waals surface area contributed by atoms with E-state index >= 15 is 0 Å². The molecule has 0 saturated carbocycles. The molecule has 0 bridgehead atoms. The van der Waals surface area contributed by atoms with Crippen molar-refractivity contribution in [1.29, 1.82) is 0 Å².